The Morgan fingerprint density at radius 3 is 2.55 bits per heavy atom. The van der Waals surface area contributed by atoms with Gasteiger partial charge in [-0.3, -0.25) is 0 Å². The maximum Gasteiger partial charge on any atom is 0.254 e. The zero-order chi connectivity index (χ0) is 15.5. The van der Waals surface area contributed by atoms with E-state index in [1.54, 1.807) is 24.3 Å². The lowest BCUT2D eigenvalue weighted by atomic mass is 10.2. The highest BCUT2D eigenvalue weighted by Crippen LogP contribution is 2.21. The van der Waals surface area contributed by atoms with Crippen LogP contribution in [0.4, 0.5) is 14.5 Å². The van der Waals surface area contributed by atoms with Gasteiger partial charge in [-0.25, -0.2) is 8.78 Å². The highest BCUT2D eigenvalue weighted by molar-refractivity contribution is 5.56. The summed E-state index contributed by atoms with van der Waals surface area (Å²) < 4.78 is 36.8. The number of rotatable bonds is 4. The smallest absolute Gasteiger partial charge is 0.254 e. The molecule has 22 heavy (non-hydrogen) atoms. The van der Waals surface area contributed by atoms with Crippen molar-refractivity contribution in [2.24, 2.45) is 0 Å². The van der Waals surface area contributed by atoms with Gasteiger partial charge in [-0.2, -0.15) is 0 Å². The van der Waals surface area contributed by atoms with Crippen LogP contribution < -0.4 is 10.5 Å². The molecule has 2 N–H and O–H groups in total. The van der Waals surface area contributed by atoms with Gasteiger partial charge in [0.15, 0.2) is 18.2 Å². The summed E-state index contributed by atoms with van der Waals surface area (Å²) in [5.41, 5.74) is 6.93. The maximum atomic E-state index is 13.4. The summed E-state index contributed by atoms with van der Waals surface area (Å²) in [6.07, 6.45) is 0. The number of halogens is 2. The highest BCUT2D eigenvalue weighted by atomic mass is 19.1. The van der Waals surface area contributed by atoms with Crippen LogP contribution in [0.1, 0.15) is 5.89 Å². The largest absolute Gasteiger partial charge is 0.481 e. The van der Waals surface area contributed by atoms with Crippen LogP contribution in [0.5, 0.6) is 5.75 Å². The molecule has 0 saturated heterocycles. The molecule has 0 amide bonds. The van der Waals surface area contributed by atoms with Gasteiger partial charge in [0.2, 0.25) is 5.89 Å². The van der Waals surface area contributed by atoms with Crippen molar-refractivity contribution in [3.63, 3.8) is 0 Å². The third-order valence-corrected chi connectivity index (χ3v) is 2.87. The fourth-order valence-corrected chi connectivity index (χ4v) is 1.79. The van der Waals surface area contributed by atoms with Crippen molar-refractivity contribution in [2.75, 3.05) is 5.73 Å². The number of hydrogen-bond donors (Lipinski definition) is 1. The fraction of sp³-hybridized carbons (Fsp3) is 0.0667. The zero-order valence-electron chi connectivity index (χ0n) is 11.3. The van der Waals surface area contributed by atoms with Crippen molar-refractivity contribution < 1.29 is 17.9 Å². The van der Waals surface area contributed by atoms with Crippen LogP contribution in [0.2, 0.25) is 0 Å². The Balaban J connectivity index is 1.70. The molecular formula is C15H11F2N3O2. The Kier molecular flexibility index (Phi) is 3.69. The lowest BCUT2D eigenvalue weighted by molar-refractivity contribution is 0.252. The number of nitrogen functional groups attached to an aromatic ring is 1. The SMILES string of the molecule is Nc1ccc(-c2nnc(COc3ccc(F)cc3F)o2)cc1. The average molecular weight is 303 g/mol. The molecule has 0 spiro atoms. The summed E-state index contributed by atoms with van der Waals surface area (Å²) in [5, 5.41) is 7.68. The zero-order valence-corrected chi connectivity index (χ0v) is 11.3. The maximum absolute atomic E-state index is 13.4. The topological polar surface area (TPSA) is 74.2 Å². The van der Waals surface area contributed by atoms with Gasteiger partial charge >= 0.3 is 0 Å². The van der Waals surface area contributed by atoms with Gasteiger partial charge in [0.25, 0.3) is 5.89 Å². The number of nitrogens with zero attached hydrogens (tertiary/aromatic N) is 2. The minimum Gasteiger partial charge on any atom is -0.481 e. The molecule has 0 radical (unpaired) electrons. The molecule has 1 aromatic heterocycles. The molecule has 5 nitrogen and oxygen atoms in total. The molecule has 0 fully saturated rings. The van der Waals surface area contributed by atoms with Gasteiger partial charge in [-0.15, -0.1) is 10.2 Å². The quantitative estimate of drug-likeness (QED) is 0.749. The van der Waals surface area contributed by atoms with Crippen molar-refractivity contribution in [3.8, 4) is 17.2 Å². The first-order chi connectivity index (χ1) is 10.6. The van der Waals surface area contributed by atoms with E-state index < -0.39 is 11.6 Å². The molecule has 0 saturated carbocycles. The molecule has 0 atom stereocenters. The lowest BCUT2D eigenvalue weighted by Gasteiger charge is -2.04. The number of benzene rings is 2. The molecule has 0 aliphatic rings. The van der Waals surface area contributed by atoms with E-state index >= 15 is 0 Å². The summed E-state index contributed by atoms with van der Waals surface area (Å²) >= 11 is 0. The van der Waals surface area contributed by atoms with Gasteiger partial charge in [0.05, 0.1) is 0 Å². The van der Waals surface area contributed by atoms with E-state index in [4.69, 9.17) is 14.9 Å². The first kappa shape index (κ1) is 14.0. The van der Waals surface area contributed by atoms with Crippen molar-refractivity contribution in [1.82, 2.24) is 10.2 Å². The van der Waals surface area contributed by atoms with Gasteiger partial charge in [-0.05, 0) is 36.4 Å². The normalized spacial score (nSPS) is 10.6. The third kappa shape index (κ3) is 3.03. The van der Waals surface area contributed by atoms with E-state index in [-0.39, 0.29) is 18.2 Å². The van der Waals surface area contributed by atoms with Crippen LogP contribution in [0.15, 0.2) is 46.9 Å². The van der Waals surface area contributed by atoms with E-state index in [2.05, 4.69) is 10.2 Å². The van der Waals surface area contributed by atoms with Crippen LogP contribution in [-0.4, -0.2) is 10.2 Å². The van der Waals surface area contributed by atoms with E-state index in [0.717, 1.165) is 12.1 Å². The average Bonchev–Trinajstić information content (AvgIpc) is 2.96. The monoisotopic (exact) mass is 303 g/mol. The molecule has 1 heterocycles. The second kappa shape index (κ2) is 5.80. The van der Waals surface area contributed by atoms with E-state index in [9.17, 15) is 8.78 Å². The van der Waals surface area contributed by atoms with Crippen LogP contribution in [0, 0.1) is 11.6 Å². The van der Waals surface area contributed by atoms with Crippen molar-refractivity contribution in [2.45, 2.75) is 6.61 Å². The molecule has 0 bridgehead atoms. The number of aromatic nitrogens is 2. The fourth-order valence-electron chi connectivity index (χ4n) is 1.79. The third-order valence-electron chi connectivity index (χ3n) is 2.87. The minimum absolute atomic E-state index is 0.0892. The Labute approximate surface area is 124 Å². The molecule has 3 rings (SSSR count). The summed E-state index contributed by atoms with van der Waals surface area (Å²) in [6, 6.07) is 9.95. The second-order valence-electron chi connectivity index (χ2n) is 4.49. The molecule has 3 aromatic rings. The summed E-state index contributed by atoms with van der Waals surface area (Å²) in [7, 11) is 0. The Morgan fingerprint density at radius 1 is 1.05 bits per heavy atom. The van der Waals surface area contributed by atoms with Gasteiger partial charge in [-0.1, -0.05) is 0 Å². The summed E-state index contributed by atoms with van der Waals surface area (Å²) in [4.78, 5) is 0. The predicted molar refractivity (Wildman–Crippen MR) is 74.8 cm³/mol. The minimum atomic E-state index is -0.793. The molecular weight excluding hydrogens is 292 g/mol. The Morgan fingerprint density at radius 2 is 1.82 bits per heavy atom. The Hall–Kier alpha value is -2.96. The van der Waals surface area contributed by atoms with Gasteiger partial charge < -0.3 is 14.9 Å². The predicted octanol–water partition coefficient (Wildman–Crippen LogP) is 3.18. The summed E-state index contributed by atoms with van der Waals surface area (Å²) in [5.74, 6) is -1.08. The van der Waals surface area contributed by atoms with Crippen LogP contribution in [0.25, 0.3) is 11.5 Å². The van der Waals surface area contributed by atoms with Crippen LogP contribution in [-0.2, 0) is 6.61 Å². The lowest BCUT2D eigenvalue weighted by Crippen LogP contribution is -1.98. The number of hydrogen-bond acceptors (Lipinski definition) is 5. The van der Waals surface area contributed by atoms with Crippen LogP contribution in [0.3, 0.4) is 0 Å². The molecule has 112 valence electrons. The van der Waals surface area contributed by atoms with Crippen molar-refractivity contribution in [1.29, 1.82) is 0 Å². The first-order valence-corrected chi connectivity index (χ1v) is 6.38. The van der Waals surface area contributed by atoms with E-state index in [0.29, 0.717) is 17.1 Å². The van der Waals surface area contributed by atoms with Gasteiger partial charge in [0, 0.05) is 17.3 Å². The van der Waals surface area contributed by atoms with E-state index in [1.165, 1.54) is 6.07 Å². The molecule has 7 heteroatoms. The molecule has 0 aliphatic carbocycles. The van der Waals surface area contributed by atoms with Crippen molar-refractivity contribution in [3.05, 3.63) is 60.0 Å². The number of ether oxygens (including phenoxy) is 1. The summed E-state index contributed by atoms with van der Waals surface area (Å²) in [6.45, 7) is -0.121. The van der Waals surface area contributed by atoms with Crippen molar-refractivity contribution >= 4 is 5.69 Å². The molecule has 2 aromatic carbocycles. The number of anilines is 1. The second-order valence-corrected chi connectivity index (χ2v) is 4.49. The Bertz CT molecular complexity index is 788. The van der Waals surface area contributed by atoms with Gasteiger partial charge in [0.1, 0.15) is 5.82 Å². The van der Waals surface area contributed by atoms with Crippen LogP contribution >= 0.6 is 0 Å². The molecule has 0 aliphatic heterocycles. The highest BCUT2D eigenvalue weighted by Gasteiger charge is 2.11. The molecule has 0 unspecified atom stereocenters. The standard InChI is InChI=1S/C15H11F2N3O2/c16-10-3-6-13(12(17)7-10)21-8-14-19-20-15(22-14)9-1-4-11(18)5-2-9/h1-7H,8,18H2. The first-order valence-electron chi connectivity index (χ1n) is 6.38. The number of nitrogens with two attached hydrogens (primary N) is 1. The van der Waals surface area contributed by atoms with E-state index in [1.807, 2.05) is 0 Å².